The van der Waals surface area contributed by atoms with Gasteiger partial charge in [-0.05, 0) is 38.5 Å². The Bertz CT molecular complexity index is 601. The van der Waals surface area contributed by atoms with E-state index in [4.69, 9.17) is 9.47 Å². The van der Waals surface area contributed by atoms with Crippen LogP contribution in [0.1, 0.15) is 32.3 Å². The first-order valence-corrected chi connectivity index (χ1v) is 7.06. The number of hydrogen-bond donors (Lipinski definition) is 1. The number of phenolic OH excluding ortho intramolecular Hbond substituents is 1. The highest BCUT2D eigenvalue weighted by atomic mass is 16.6. The molecule has 5 heteroatoms. The zero-order chi connectivity index (χ0) is 16.3. The fourth-order valence-corrected chi connectivity index (χ4v) is 2.27. The Hall–Kier alpha value is -2.48. The third kappa shape index (κ3) is 3.22. The monoisotopic (exact) mass is 302 g/mol. The number of carbonyl (C=O) groups excluding carboxylic acids is 2. The zero-order valence-corrected chi connectivity index (χ0v) is 12.7. The van der Waals surface area contributed by atoms with Crippen LogP contribution in [0.15, 0.2) is 24.3 Å². The van der Waals surface area contributed by atoms with Gasteiger partial charge in [-0.15, -0.1) is 5.92 Å². The van der Waals surface area contributed by atoms with Crippen LogP contribution in [-0.2, 0) is 19.1 Å². The number of aromatic hydroxyl groups is 1. The van der Waals surface area contributed by atoms with E-state index < -0.39 is 36.0 Å². The van der Waals surface area contributed by atoms with Crippen LogP contribution in [0.25, 0.3) is 0 Å². The predicted molar refractivity (Wildman–Crippen MR) is 78.9 cm³/mol. The summed E-state index contributed by atoms with van der Waals surface area (Å²) in [4.78, 5) is 24.6. The van der Waals surface area contributed by atoms with Crippen LogP contribution in [0.4, 0.5) is 0 Å². The molecule has 1 aliphatic rings. The number of cyclic esters (lactones) is 2. The van der Waals surface area contributed by atoms with Gasteiger partial charge in [0.15, 0.2) is 5.92 Å². The second-order valence-corrected chi connectivity index (χ2v) is 5.23. The maximum Gasteiger partial charge on any atom is 0.322 e. The average Bonchev–Trinajstić information content (AvgIpc) is 2.55. The van der Waals surface area contributed by atoms with E-state index in [1.54, 1.807) is 32.9 Å². The van der Waals surface area contributed by atoms with E-state index in [0.29, 0.717) is 5.56 Å². The summed E-state index contributed by atoms with van der Waals surface area (Å²) >= 11 is 0. The van der Waals surface area contributed by atoms with Crippen molar-refractivity contribution in [2.75, 3.05) is 0 Å². The largest absolute Gasteiger partial charge is 0.508 e. The van der Waals surface area contributed by atoms with Crippen LogP contribution < -0.4 is 0 Å². The maximum absolute atomic E-state index is 12.3. The molecular weight excluding hydrogens is 284 g/mol. The molecular formula is C17H18O5. The molecule has 0 radical (unpaired) electrons. The lowest BCUT2D eigenvalue weighted by Gasteiger charge is -2.18. The molecule has 1 saturated heterocycles. The van der Waals surface area contributed by atoms with Gasteiger partial charge in [0.25, 0.3) is 0 Å². The molecule has 0 aliphatic carbocycles. The van der Waals surface area contributed by atoms with Crippen LogP contribution in [0.2, 0.25) is 0 Å². The summed E-state index contributed by atoms with van der Waals surface area (Å²) in [5.41, 5.74) is 0.647. The highest BCUT2D eigenvalue weighted by molar-refractivity contribution is 5.97. The number of phenols is 1. The Morgan fingerprint density at radius 3 is 2.00 bits per heavy atom. The van der Waals surface area contributed by atoms with Crippen molar-refractivity contribution < 1.29 is 24.2 Å². The standard InChI is InChI=1S/C17H18O5/c1-4-5-14(12-6-8-13(18)9-7-12)15-16(19)21-10(2)11(3)22-17(15)20/h6-11,14-15,18H,1-3H3. The van der Waals surface area contributed by atoms with E-state index in [-0.39, 0.29) is 5.75 Å². The van der Waals surface area contributed by atoms with Gasteiger partial charge in [0.1, 0.15) is 18.0 Å². The van der Waals surface area contributed by atoms with Crippen LogP contribution in [0, 0.1) is 17.8 Å². The first-order valence-electron chi connectivity index (χ1n) is 7.06. The van der Waals surface area contributed by atoms with Gasteiger partial charge in [-0.2, -0.15) is 0 Å². The molecule has 2 rings (SSSR count). The highest BCUT2D eigenvalue weighted by Gasteiger charge is 2.42. The maximum atomic E-state index is 12.3. The number of benzene rings is 1. The van der Waals surface area contributed by atoms with E-state index in [9.17, 15) is 14.7 Å². The third-order valence-corrected chi connectivity index (χ3v) is 3.66. The molecule has 1 fully saturated rings. The first-order chi connectivity index (χ1) is 10.4. The SMILES string of the molecule is CC#CC(c1ccc(O)cc1)C1C(=O)OC(C)C(C)OC1=O. The molecule has 1 heterocycles. The van der Waals surface area contributed by atoms with Gasteiger partial charge in [-0.1, -0.05) is 18.1 Å². The first kappa shape index (κ1) is 15.9. The molecule has 1 aromatic carbocycles. The van der Waals surface area contributed by atoms with E-state index >= 15 is 0 Å². The molecule has 116 valence electrons. The summed E-state index contributed by atoms with van der Waals surface area (Å²) in [7, 11) is 0. The topological polar surface area (TPSA) is 72.8 Å². The van der Waals surface area contributed by atoms with Crippen LogP contribution in [0.3, 0.4) is 0 Å². The second kappa shape index (κ2) is 6.52. The van der Waals surface area contributed by atoms with Crippen molar-refractivity contribution in [2.45, 2.75) is 38.9 Å². The molecule has 1 N–H and O–H groups in total. The Labute approximate surface area is 129 Å². The van der Waals surface area contributed by atoms with Gasteiger partial charge in [0, 0.05) is 0 Å². The van der Waals surface area contributed by atoms with Crippen molar-refractivity contribution in [2.24, 2.45) is 5.92 Å². The molecule has 1 aliphatic heterocycles. The Balaban J connectivity index is 2.41. The fourth-order valence-electron chi connectivity index (χ4n) is 2.27. The van der Waals surface area contributed by atoms with Gasteiger partial charge in [0.05, 0.1) is 5.92 Å². The molecule has 3 atom stereocenters. The van der Waals surface area contributed by atoms with E-state index in [1.165, 1.54) is 12.1 Å². The van der Waals surface area contributed by atoms with Crippen molar-refractivity contribution in [3.8, 4) is 17.6 Å². The molecule has 0 bridgehead atoms. The van der Waals surface area contributed by atoms with Crippen molar-refractivity contribution in [1.82, 2.24) is 0 Å². The number of hydrogen-bond acceptors (Lipinski definition) is 5. The molecule has 0 aromatic heterocycles. The Morgan fingerprint density at radius 2 is 1.55 bits per heavy atom. The zero-order valence-electron chi connectivity index (χ0n) is 12.7. The average molecular weight is 302 g/mol. The number of carbonyl (C=O) groups is 2. The molecule has 0 saturated carbocycles. The van der Waals surface area contributed by atoms with Gasteiger partial charge in [-0.25, -0.2) is 0 Å². The summed E-state index contributed by atoms with van der Waals surface area (Å²) in [5.74, 6) is 2.62. The molecule has 1 aromatic rings. The Kier molecular flexibility index (Phi) is 4.71. The molecule has 0 amide bonds. The predicted octanol–water partition coefficient (Wildman–Crippen LogP) is 1.99. The van der Waals surface area contributed by atoms with Crippen molar-refractivity contribution >= 4 is 11.9 Å². The molecule has 22 heavy (non-hydrogen) atoms. The van der Waals surface area contributed by atoms with Gasteiger partial charge >= 0.3 is 11.9 Å². The van der Waals surface area contributed by atoms with Crippen LogP contribution in [-0.4, -0.2) is 29.3 Å². The highest BCUT2D eigenvalue weighted by Crippen LogP contribution is 2.30. The van der Waals surface area contributed by atoms with E-state index in [2.05, 4.69) is 11.8 Å². The lowest BCUT2D eigenvalue weighted by Crippen LogP contribution is -2.30. The minimum atomic E-state index is -1.13. The third-order valence-electron chi connectivity index (χ3n) is 3.66. The molecule has 5 nitrogen and oxygen atoms in total. The van der Waals surface area contributed by atoms with Gasteiger partial charge < -0.3 is 14.6 Å². The lowest BCUT2D eigenvalue weighted by atomic mass is 9.86. The van der Waals surface area contributed by atoms with E-state index in [0.717, 1.165) is 0 Å². The molecule has 0 spiro atoms. The summed E-state index contributed by atoms with van der Waals surface area (Å²) in [6.45, 7) is 4.99. The smallest absolute Gasteiger partial charge is 0.322 e. The van der Waals surface area contributed by atoms with Crippen molar-refractivity contribution in [3.05, 3.63) is 29.8 Å². The number of rotatable bonds is 2. The summed E-state index contributed by atoms with van der Waals surface area (Å²) < 4.78 is 10.6. The van der Waals surface area contributed by atoms with Crippen LogP contribution >= 0.6 is 0 Å². The molecule has 3 unspecified atom stereocenters. The summed E-state index contributed by atoms with van der Waals surface area (Å²) in [5, 5.41) is 9.38. The number of ether oxygens (including phenoxy) is 2. The van der Waals surface area contributed by atoms with Crippen molar-refractivity contribution in [3.63, 3.8) is 0 Å². The summed E-state index contributed by atoms with van der Waals surface area (Å²) in [6.07, 6.45) is -1.01. The normalized spacial score (nSPS) is 26.0. The number of esters is 2. The van der Waals surface area contributed by atoms with Crippen LogP contribution in [0.5, 0.6) is 5.75 Å². The van der Waals surface area contributed by atoms with Gasteiger partial charge in [-0.3, -0.25) is 9.59 Å². The fraction of sp³-hybridized carbons (Fsp3) is 0.412. The summed E-state index contributed by atoms with van der Waals surface area (Å²) in [6, 6.07) is 6.22. The van der Waals surface area contributed by atoms with E-state index in [1.807, 2.05) is 0 Å². The minimum absolute atomic E-state index is 0.0974. The lowest BCUT2D eigenvalue weighted by molar-refractivity contribution is -0.156. The second-order valence-electron chi connectivity index (χ2n) is 5.23. The minimum Gasteiger partial charge on any atom is -0.508 e. The van der Waals surface area contributed by atoms with Gasteiger partial charge in [0.2, 0.25) is 0 Å². The quantitative estimate of drug-likeness (QED) is 0.514. The Morgan fingerprint density at radius 1 is 1.05 bits per heavy atom. The van der Waals surface area contributed by atoms with Crippen molar-refractivity contribution in [1.29, 1.82) is 0 Å².